The van der Waals surface area contributed by atoms with E-state index in [1.54, 1.807) is 0 Å². The van der Waals surface area contributed by atoms with Crippen molar-refractivity contribution in [1.82, 2.24) is 0 Å². The molecule has 0 aliphatic carbocycles. The van der Waals surface area contributed by atoms with Crippen molar-refractivity contribution < 1.29 is 28.6 Å². The number of unbranched alkanes of at least 4 members (excludes halogenated alkanes) is 23. The molecule has 0 saturated heterocycles. The van der Waals surface area contributed by atoms with Crippen LogP contribution in [0.15, 0.2) is 0 Å². The molecule has 0 heterocycles. The number of ether oxygens (including phenoxy) is 3. The van der Waals surface area contributed by atoms with Gasteiger partial charge in [0.15, 0.2) is 6.10 Å². The number of hydrogen-bond acceptors (Lipinski definition) is 6. The third kappa shape index (κ3) is 37.7. The van der Waals surface area contributed by atoms with Crippen molar-refractivity contribution in [3.63, 3.8) is 0 Å². The van der Waals surface area contributed by atoms with Crippen LogP contribution in [0.3, 0.4) is 0 Å². The summed E-state index contributed by atoms with van der Waals surface area (Å²) in [6, 6.07) is 0. The van der Waals surface area contributed by atoms with Crippen molar-refractivity contribution in [3.05, 3.63) is 0 Å². The Morgan fingerprint density at radius 1 is 0.380 bits per heavy atom. The van der Waals surface area contributed by atoms with E-state index in [9.17, 15) is 14.4 Å². The molecule has 0 aliphatic rings. The highest BCUT2D eigenvalue weighted by Gasteiger charge is 2.19. The third-order valence-corrected chi connectivity index (χ3v) is 9.72. The molecule has 0 aromatic rings. The van der Waals surface area contributed by atoms with E-state index in [0.717, 1.165) is 69.6 Å². The van der Waals surface area contributed by atoms with Crippen LogP contribution in [-0.4, -0.2) is 37.2 Å². The van der Waals surface area contributed by atoms with Crippen LogP contribution in [-0.2, 0) is 28.6 Å². The summed E-state index contributed by atoms with van der Waals surface area (Å²) in [5.74, 6) is 0.752. The minimum Gasteiger partial charge on any atom is -0.462 e. The van der Waals surface area contributed by atoms with Gasteiger partial charge >= 0.3 is 17.9 Å². The topological polar surface area (TPSA) is 78.9 Å². The van der Waals surface area contributed by atoms with E-state index in [4.69, 9.17) is 14.2 Å². The van der Waals surface area contributed by atoms with Crippen molar-refractivity contribution in [2.45, 2.75) is 240 Å². The zero-order chi connectivity index (χ0) is 36.9. The van der Waals surface area contributed by atoms with Gasteiger partial charge in [-0.2, -0.15) is 0 Å². The fourth-order valence-electron chi connectivity index (χ4n) is 6.40. The van der Waals surface area contributed by atoms with Crippen LogP contribution in [0.1, 0.15) is 234 Å². The minimum atomic E-state index is -0.759. The summed E-state index contributed by atoms with van der Waals surface area (Å²) in [6.45, 7) is 11.3. The van der Waals surface area contributed by atoms with E-state index >= 15 is 0 Å². The first-order chi connectivity index (χ1) is 24.2. The van der Waals surface area contributed by atoms with E-state index < -0.39 is 6.10 Å². The summed E-state index contributed by atoms with van der Waals surface area (Å²) >= 11 is 0. The first kappa shape index (κ1) is 48.4. The summed E-state index contributed by atoms with van der Waals surface area (Å²) in [4.78, 5) is 37.5. The third-order valence-electron chi connectivity index (χ3n) is 9.72. The predicted octanol–water partition coefficient (Wildman–Crippen LogP) is 13.4. The number of carbonyl (C=O) groups excluding carboxylic acids is 3. The molecule has 0 fully saturated rings. The van der Waals surface area contributed by atoms with Gasteiger partial charge in [0.2, 0.25) is 0 Å². The molecule has 1 atom stereocenters. The highest BCUT2D eigenvalue weighted by Crippen LogP contribution is 2.16. The molecule has 0 aromatic carbocycles. The Bertz CT molecular complexity index is 764. The summed E-state index contributed by atoms with van der Waals surface area (Å²) in [5.41, 5.74) is 0. The highest BCUT2D eigenvalue weighted by molar-refractivity contribution is 5.71. The summed E-state index contributed by atoms with van der Waals surface area (Å²) in [7, 11) is 0. The summed E-state index contributed by atoms with van der Waals surface area (Å²) < 4.78 is 16.6. The largest absolute Gasteiger partial charge is 0.462 e. The molecule has 0 spiro atoms. The number of esters is 3. The molecule has 0 rings (SSSR count). The number of hydrogen-bond donors (Lipinski definition) is 0. The van der Waals surface area contributed by atoms with Gasteiger partial charge in [-0.3, -0.25) is 14.4 Å². The Labute approximate surface area is 310 Å². The molecule has 0 N–H and O–H groups in total. The summed E-state index contributed by atoms with van der Waals surface area (Å²) in [5, 5.41) is 0. The lowest BCUT2D eigenvalue weighted by Gasteiger charge is -2.18. The van der Waals surface area contributed by atoms with Crippen molar-refractivity contribution >= 4 is 17.9 Å². The lowest BCUT2D eigenvalue weighted by atomic mass is 10.0. The fourth-order valence-corrected chi connectivity index (χ4v) is 6.40. The van der Waals surface area contributed by atoms with E-state index in [-0.39, 0.29) is 31.1 Å². The predicted molar refractivity (Wildman–Crippen MR) is 210 cm³/mol. The zero-order valence-electron chi connectivity index (χ0n) is 34.0. The highest BCUT2D eigenvalue weighted by atomic mass is 16.6. The Morgan fingerprint density at radius 2 is 0.660 bits per heavy atom. The molecule has 0 saturated carbocycles. The van der Waals surface area contributed by atoms with Crippen LogP contribution < -0.4 is 0 Å². The first-order valence-electron chi connectivity index (χ1n) is 21.7. The van der Waals surface area contributed by atoms with Crippen molar-refractivity contribution in [2.75, 3.05) is 13.2 Å². The van der Waals surface area contributed by atoms with Crippen LogP contribution in [0.4, 0.5) is 0 Å². The maximum absolute atomic E-state index is 12.6. The second kappa shape index (κ2) is 37.2. The monoisotopic (exact) mass is 709 g/mol. The molecule has 0 aliphatic heterocycles. The molecule has 0 aromatic heterocycles. The molecule has 6 nitrogen and oxygen atoms in total. The second-order valence-electron chi connectivity index (χ2n) is 15.9. The van der Waals surface area contributed by atoms with Gasteiger partial charge in [-0.15, -0.1) is 0 Å². The molecule has 0 radical (unpaired) electrons. The van der Waals surface area contributed by atoms with E-state index in [1.165, 1.54) is 122 Å². The zero-order valence-corrected chi connectivity index (χ0v) is 34.0. The number of carbonyl (C=O) groups is 3. The molecular weight excluding hydrogens is 624 g/mol. The van der Waals surface area contributed by atoms with Gasteiger partial charge in [0.05, 0.1) is 0 Å². The lowest BCUT2D eigenvalue weighted by molar-refractivity contribution is -0.167. The van der Waals surface area contributed by atoms with Crippen molar-refractivity contribution in [1.29, 1.82) is 0 Å². The molecule has 0 bridgehead atoms. The van der Waals surface area contributed by atoms with E-state index in [0.29, 0.717) is 19.3 Å². The van der Waals surface area contributed by atoms with Gasteiger partial charge in [-0.05, 0) is 31.1 Å². The second-order valence-corrected chi connectivity index (χ2v) is 15.9. The van der Waals surface area contributed by atoms with E-state index in [2.05, 4.69) is 34.6 Å². The minimum absolute atomic E-state index is 0.0659. The van der Waals surface area contributed by atoms with Crippen LogP contribution >= 0.6 is 0 Å². The SMILES string of the molecule is CCCCCCCCCC(=O)OC[C@@H](COC(=O)CCCCCCCCCCCCCC(C)C)OC(=O)CCCCCCCCCCC(C)C. The normalized spacial score (nSPS) is 12.1. The van der Waals surface area contributed by atoms with Crippen LogP contribution in [0.5, 0.6) is 0 Å². The molecule has 0 amide bonds. The molecular formula is C44H84O6. The Balaban J connectivity index is 4.28. The molecule has 296 valence electrons. The number of rotatable bonds is 38. The van der Waals surface area contributed by atoms with Crippen LogP contribution in [0, 0.1) is 11.8 Å². The maximum Gasteiger partial charge on any atom is 0.306 e. The Morgan fingerprint density at radius 3 is 0.980 bits per heavy atom. The van der Waals surface area contributed by atoms with Crippen LogP contribution in [0.2, 0.25) is 0 Å². The summed E-state index contributed by atoms with van der Waals surface area (Å²) in [6.07, 6.45) is 33.9. The Hall–Kier alpha value is -1.59. The lowest BCUT2D eigenvalue weighted by Crippen LogP contribution is -2.30. The fraction of sp³-hybridized carbons (Fsp3) is 0.932. The van der Waals surface area contributed by atoms with Gasteiger partial charge < -0.3 is 14.2 Å². The first-order valence-corrected chi connectivity index (χ1v) is 21.7. The van der Waals surface area contributed by atoms with Gasteiger partial charge in [-0.1, -0.05) is 195 Å². The molecule has 6 heteroatoms. The average Bonchev–Trinajstić information content (AvgIpc) is 3.08. The molecule has 0 unspecified atom stereocenters. The van der Waals surface area contributed by atoms with Crippen LogP contribution in [0.25, 0.3) is 0 Å². The van der Waals surface area contributed by atoms with Gasteiger partial charge in [0, 0.05) is 19.3 Å². The van der Waals surface area contributed by atoms with E-state index in [1.807, 2.05) is 0 Å². The average molecular weight is 709 g/mol. The van der Waals surface area contributed by atoms with Gasteiger partial charge in [0.1, 0.15) is 13.2 Å². The Kier molecular flexibility index (Phi) is 36.0. The molecule has 50 heavy (non-hydrogen) atoms. The van der Waals surface area contributed by atoms with Crippen molar-refractivity contribution in [3.8, 4) is 0 Å². The standard InChI is InChI=1S/C44H84O6/c1-6-7-8-9-17-24-29-34-42(45)48-37-41(50-44(47)36-31-26-21-16-15-19-23-28-33-40(4)5)38-49-43(46)35-30-25-20-14-12-10-11-13-18-22-27-32-39(2)3/h39-41H,6-38H2,1-5H3/t41-/m0/s1. The van der Waals surface area contributed by atoms with Crippen molar-refractivity contribution in [2.24, 2.45) is 11.8 Å². The van der Waals surface area contributed by atoms with Gasteiger partial charge in [-0.25, -0.2) is 0 Å². The maximum atomic E-state index is 12.6. The quantitative estimate of drug-likeness (QED) is 0.0361. The van der Waals surface area contributed by atoms with Gasteiger partial charge in [0.25, 0.3) is 0 Å². The smallest absolute Gasteiger partial charge is 0.306 e.